The van der Waals surface area contributed by atoms with Crippen molar-refractivity contribution in [3.05, 3.63) is 93.8 Å². The number of carbonyl (C=O) groups is 1. The third-order valence-corrected chi connectivity index (χ3v) is 5.43. The van der Waals surface area contributed by atoms with Gasteiger partial charge in [0.05, 0.1) is 5.56 Å². The third-order valence-electron chi connectivity index (χ3n) is 5.43. The molecule has 146 valence electrons. The second-order valence-electron chi connectivity index (χ2n) is 7.42. The van der Waals surface area contributed by atoms with Crippen LogP contribution in [0.4, 0.5) is 0 Å². The number of carboxylic acids is 1. The molecule has 0 aliphatic rings. The Morgan fingerprint density at radius 1 is 1.04 bits per heavy atom. The minimum absolute atomic E-state index is 0.141. The van der Waals surface area contributed by atoms with Gasteiger partial charge in [0, 0.05) is 36.1 Å². The van der Waals surface area contributed by atoms with Crippen LogP contribution < -0.4 is 5.32 Å². The molecule has 3 aromatic rings. The summed E-state index contributed by atoms with van der Waals surface area (Å²) in [7, 11) is 0. The van der Waals surface area contributed by atoms with Crippen LogP contribution in [0.15, 0.2) is 54.6 Å². The largest absolute Gasteiger partial charge is 0.478 e. The molecule has 4 heteroatoms. The summed E-state index contributed by atoms with van der Waals surface area (Å²) in [4.78, 5) is 12.0. The van der Waals surface area contributed by atoms with E-state index in [2.05, 4.69) is 54.1 Å². The number of aromatic carboxylic acids is 1. The van der Waals surface area contributed by atoms with Gasteiger partial charge in [-0.2, -0.15) is 0 Å². The third kappa shape index (κ3) is 4.18. The molecule has 0 radical (unpaired) electrons. The topological polar surface area (TPSA) is 54.3 Å². The summed E-state index contributed by atoms with van der Waals surface area (Å²) in [5.74, 6) is -0.868. The molecule has 0 aliphatic carbocycles. The van der Waals surface area contributed by atoms with E-state index in [0.29, 0.717) is 18.7 Å². The first-order valence-electron chi connectivity index (χ1n) is 9.64. The first kappa shape index (κ1) is 19.9. The standard InChI is InChI=1S/C24H28N2O2/c1-16-9-8-10-20(13-16)15-26-18(3)22(23(19(26)4)24(27)28)14-25-17(2)21-11-6-5-7-12-21/h5-13,17,25H,14-15H2,1-4H3,(H,27,28)/t17-/m1/s1. The van der Waals surface area contributed by atoms with E-state index < -0.39 is 5.97 Å². The van der Waals surface area contributed by atoms with Gasteiger partial charge in [-0.3, -0.25) is 0 Å². The minimum Gasteiger partial charge on any atom is -0.478 e. The molecule has 0 aliphatic heterocycles. The Bertz CT molecular complexity index is 974. The molecule has 1 aromatic heterocycles. The number of rotatable bonds is 7. The van der Waals surface area contributed by atoms with Crippen molar-refractivity contribution in [1.29, 1.82) is 0 Å². The SMILES string of the molecule is Cc1cccc(Cn2c(C)c(CN[C@H](C)c3ccccc3)c(C(=O)O)c2C)c1. The van der Waals surface area contributed by atoms with E-state index in [4.69, 9.17) is 0 Å². The van der Waals surface area contributed by atoms with Crippen LogP contribution >= 0.6 is 0 Å². The number of aryl methyl sites for hydroxylation is 1. The Kier molecular flexibility index (Phi) is 6.00. The highest BCUT2D eigenvalue weighted by atomic mass is 16.4. The fourth-order valence-electron chi connectivity index (χ4n) is 3.79. The maximum atomic E-state index is 12.0. The molecule has 0 amide bonds. The summed E-state index contributed by atoms with van der Waals surface area (Å²) < 4.78 is 2.11. The van der Waals surface area contributed by atoms with Gasteiger partial charge in [-0.15, -0.1) is 0 Å². The molecule has 0 unspecified atom stereocenters. The van der Waals surface area contributed by atoms with Crippen LogP contribution in [0.1, 0.15) is 57.0 Å². The Morgan fingerprint density at radius 2 is 1.75 bits per heavy atom. The van der Waals surface area contributed by atoms with Crippen molar-refractivity contribution < 1.29 is 9.90 Å². The fraction of sp³-hybridized carbons (Fsp3) is 0.292. The summed E-state index contributed by atoms with van der Waals surface area (Å²) in [6.45, 7) is 9.28. The average molecular weight is 377 g/mol. The maximum Gasteiger partial charge on any atom is 0.337 e. The van der Waals surface area contributed by atoms with Gasteiger partial charge < -0.3 is 15.0 Å². The summed E-state index contributed by atoms with van der Waals surface area (Å²) in [6.07, 6.45) is 0. The number of nitrogens with one attached hydrogen (secondary N) is 1. The number of hydrogen-bond donors (Lipinski definition) is 2. The van der Waals surface area contributed by atoms with Gasteiger partial charge in [0.25, 0.3) is 0 Å². The van der Waals surface area contributed by atoms with Crippen LogP contribution in [-0.2, 0) is 13.1 Å². The highest BCUT2D eigenvalue weighted by molar-refractivity contribution is 5.91. The van der Waals surface area contributed by atoms with E-state index in [9.17, 15) is 9.90 Å². The molecule has 0 fully saturated rings. The van der Waals surface area contributed by atoms with Gasteiger partial charge in [0.2, 0.25) is 0 Å². The lowest BCUT2D eigenvalue weighted by atomic mass is 10.1. The zero-order valence-corrected chi connectivity index (χ0v) is 17.0. The van der Waals surface area contributed by atoms with E-state index in [0.717, 1.165) is 17.0 Å². The van der Waals surface area contributed by atoms with Crippen LogP contribution in [-0.4, -0.2) is 15.6 Å². The maximum absolute atomic E-state index is 12.0. The van der Waals surface area contributed by atoms with Gasteiger partial charge >= 0.3 is 5.97 Å². The molecule has 2 aromatic carbocycles. The first-order valence-corrected chi connectivity index (χ1v) is 9.64. The molecular formula is C24H28N2O2. The first-order chi connectivity index (χ1) is 13.4. The van der Waals surface area contributed by atoms with Crippen molar-refractivity contribution in [2.24, 2.45) is 0 Å². The average Bonchev–Trinajstić information content (AvgIpc) is 2.91. The van der Waals surface area contributed by atoms with E-state index >= 15 is 0 Å². The molecule has 1 heterocycles. The minimum atomic E-state index is -0.868. The quantitative estimate of drug-likeness (QED) is 0.609. The van der Waals surface area contributed by atoms with E-state index in [1.54, 1.807) is 0 Å². The number of aromatic nitrogens is 1. The number of nitrogens with zero attached hydrogens (tertiary/aromatic N) is 1. The molecule has 0 saturated carbocycles. The highest BCUT2D eigenvalue weighted by Crippen LogP contribution is 2.25. The van der Waals surface area contributed by atoms with Gasteiger partial charge in [0.15, 0.2) is 0 Å². The Balaban J connectivity index is 1.89. The Morgan fingerprint density at radius 3 is 2.39 bits per heavy atom. The van der Waals surface area contributed by atoms with E-state index in [1.807, 2.05) is 38.1 Å². The lowest BCUT2D eigenvalue weighted by Crippen LogP contribution is -2.19. The van der Waals surface area contributed by atoms with Crippen LogP contribution in [0.3, 0.4) is 0 Å². The van der Waals surface area contributed by atoms with Crippen molar-refractivity contribution in [1.82, 2.24) is 9.88 Å². The van der Waals surface area contributed by atoms with Gasteiger partial charge in [0.1, 0.15) is 0 Å². The van der Waals surface area contributed by atoms with Crippen molar-refractivity contribution in [2.75, 3.05) is 0 Å². The molecule has 2 N–H and O–H groups in total. The van der Waals surface area contributed by atoms with Gasteiger partial charge in [-0.25, -0.2) is 4.79 Å². The number of benzene rings is 2. The molecule has 0 saturated heterocycles. The smallest absolute Gasteiger partial charge is 0.337 e. The second kappa shape index (κ2) is 8.44. The van der Waals surface area contributed by atoms with Crippen molar-refractivity contribution in [3.8, 4) is 0 Å². The van der Waals surface area contributed by atoms with Crippen molar-refractivity contribution in [2.45, 2.75) is 46.8 Å². The number of carboxylic acid groups (broad SMARTS) is 1. The molecule has 4 nitrogen and oxygen atoms in total. The molecule has 28 heavy (non-hydrogen) atoms. The highest BCUT2D eigenvalue weighted by Gasteiger charge is 2.23. The van der Waals surface area contributed by atoms with Crippen molar-refractivity contribution >= 4 is 5.97 Å². The van der Waals surface area contributed by atoms with Gasteiger partial charge in [-0.05, 0) is 38.8 Å². The summed E-state index contributed by atoms with van der Waals surface area (Å²) in [5, 5.41) is 13.3. The molecule has 0 spiro atoms. The monoisotopic (exact) mass is 376 g/mol. The van der Waals surface area contributed by atoms with Crippen molar-refractivity contribution in [3.63, 3.8) is 0 Å². The summed E-state index contributed by atoms with van der Waals surface area (Å²) >= 11 is 0. The summed E-state index contributed by atoms with van der Waals surface area (Å²) in [5.41, 5.74) is 6.65. The van der Waals surface area contributed by atoms with Crippen LogP contribution in [0.25, 0.3) is 0 Å². The molecule has 3 rings (SSSR count). The Hall–Kier alpha value is -2.85. The molecule has 1 atom stereocenters. The van der Waals surface area contributed by atoms with E-state index in [1.165, 1.54) is 16.7 Å². The van der Waals surface area contributed by atoms with Crippen LogP contribution in [0.2, 0.25) is 0 Å². The number of hydrogen-bond acceptors (Lipinski definition) is 2. The van der Waals surface area contributed by atoms with E-state index in [-0.39, 0.29) is 6.04 Å². The lowest BCUT2D eigenvalue weighted by molar-refractivity contribution is 0.0694. The Labute approximate surface area is 166 Å². The molecular weight excluding hydrogens is 348 g/mol. The summed E-state index contributed by atoms with van der Waals surface area (Å²) in [6, 6.07) is 18.7. The van der Waals surface area contributed by atoms with Gasteiger partial charge in [-0.1, -0.05) is 60.2 Å². The molecule has 0 bridgehead atoms. The fourth-order valence-corrected chi connectivity index (χ4v) is 3.79. The van der Waals surface area contributed by atoms with Crippen LogP contribution in [0, 0.1) is 20.8 Å². The second-order valence-corrected chi connectivity index (χ2v) is 7.42. The lowest BCUT2D eigenvalue weighted by Gasteiger charge is -2.15. The predicted octanol–water partition coefficient (Wildman–Crippen LogP) is 5.01. The predicted molar refractivity (Wildman–Crippen MR) is 113 cm³/mol. The zero-order chi connectivity index (χ0) is 20.3. The normalized spacial score (nSPS) is 12.1. The zero-order valence-electron chi connectivity index (χ0n) is 17.0. The van der Waals surface area contributed by atoms with Crippen LogP contribution in [0.5, 0.6) is 0 Å².